The summed E-state index contributed by atoms with van der Waals surface area (Å²) in [7, 11) is 1.47. The number of H-pyrrole nitrogens is 1. The van der Waals surface area contributed by atoms with Crippen LogP contribution in [0.15, 0.2) is 33.9 Å². The van der Waals surface area contributed by atoms with Crippen LogP contribution in [0.3, 0.4) is 0 Å². The van der Waals surface area contributed by atoms with Gasteiger partial charge in [-0.15, -0.1) is 11.3 Å². The monoisotopic (exact) mass is 445 g/mol. The molecule has 3 aromatic rings. The number of halogens is 1. The highest BCUT2D eigenvalue weighted by Gasteiger charge is 2.20. The van der Waals surface area contributed by atoms with E-state index >= 15 is 0 Å². The number of aromatic nitrogens is 2. The van der Waals surface area contributed by atoms with Crippen LogP contribution in [0.5, 0.6) is 0 Å². The van der Waals surface area contributed by atoms with E-state index in [4.69, 9.17) is 0 Å². The molecular formula is C21H24FN5O3S. The summed E-state index contributed by atoms with van der Waals surface area (Å²) < 4.78 is 16.0. The average molecular weight is 446 g/mol. The maximum atomic E-state index is 14.3. The molecule has 10 heteroatoms. The number of rotatable bonds is 5. The summed E-state index contributed by atoms with van der Waals surface area (Å²) in [6.07, 6.45) is 0. The predicted octanol–water partition coefficient (Wildman–Crippen LogP) is 1.59. The van der Waals surface area contributed by atoms with Gasteiger partial charge in [-0.05, 0) is 31.2 Å². The van der Waals surface area contributed by atoms with E-state index < -0.39 is 11.7 Å². The van der Waals surface area contributed by atoms with Crippen LogP contribution in [0.2, 0.25) is 0 Å². The number of fused-ring (bicyclic) bond motifs is 1. The minimum absolute atomic E-state index is 0.0369. The van der Waals surface area contributed by atoms with E-state index in [1.807, 2.05) is 6.07 Å². The lowest BCUT2D eigenvalue weighted by Crippen LogP contribution is -2.45. The Balaban J connectivity index is 1.43. The number of nitrogens with one attached hydrogen (secondary N) is 2. The fraction of sp³-hybridized carbons (Fsp3) is 0.381. The van der Waals surface area contributed by atoms with Crippen LogP contribution in [0.25, 0.3) is 10.2 Å². The molecule has 164 valence electrons. The van der Waals surface area contributed by atoms with E-state index in [1.165, 1.54) is 35.1 Å². The summed E-state index contributed by atoms with van der Waals surface area (Å²) in [5.41, 5.74) is 0.751. The Hall–Kier alpha value is -2.98. The van der Waals surface area contributed by atoms with Crippen LogP contribution in [-0.4, -0.2) is 53.6 Å². The van der Waals surface area contributed by atoms with E-state index in [2.05, 4.69) is 20.1 Å². The molecule has 2 N–H and O–H groups in total. The van der Waals surface area contributed by atoms with Crippen LogP contribution in [-0.2, 0) is 13.1 Å². The Morgan fingerprint density at radius 1 is 1.19 bits per heavy atom. The molecule has 1 fully saturated rings. The number of carbonyl (C=O) groups excluding carboxylic acids is 1. The van der Waals surface area contributed by atoms with Crippen molar-refractivity contribution in [3.63, 3.8) is 0 Å². The normalized spacial score (nSPS) is 14.9. The van der Waals surface area contributed by atoms with Crippen molar-refractivity contribution in [1.82, 2.24) is 19.8 Å². The van der Waals surface area contributed by atoms with Gasteiger partial charge in [0.25, 0.3) is 11.5 Å². The topological polar surface area (TPSA) is 90.4 Å². The molecular weight excluding hydrogens is 421 g/mol. The molecule has 1 aromatic carbocycles. The standard InChI is InChI=1S/C21H24FN5O3S/c1-3-27-20(29)18-17(24-21(27)30)11-14(31-18)12-25-6-8-26(9-7-25)13-4-5-15(16(22)10-13)19(28)23-2/h4-5,10-11H,3,6-9,12H2,1-2H3,(H,23,28)(H,24,30). The SMILES string of the molecule is CCn1c(=O)[nH]c2cc(CN3CCN(c4ccc(C(=O)NC)c(F)c4)CC3)sc2c1=O. The van der Waals surface area contributed by atoms with Gasteiger partial charge in [0.15, 0.2) is 0 Å². The number of aromatic amines is 1. The molecule has 4 rings (SSSR count). The summed E-state index contributed by atoms with van der Waals surface area (Å²) >= 11 is 1.42. The van der Waals surface area contributed by atoms with Gasteiger partial charge in [-0.1, -0.05) is 0 Å². The Kier molecular flexibility index (Phi) is 5.92. The minimum Gasteiger partial charge on any atom is -0.369 e. The number of thiophene rings is 1. The minimum atomic E-state index is -0.531. The fourth-order valence-electron chi connectivity index (χ4n) is 3.86. The molecule has 0 bridgehead atoms. The van der Waals surface area contributed by atoms with E-state index in [9.17, 15) is 18.8 Å². The van der Waals surface area contributed by atoms with Gasteiger partial charge < -0.3 is 15.2 Å². The fourth-order valence-corrected chi connectivity index (χ4v) is 4.96. The van der Waals surface area contributed by atoms with E-state index in [0.717, 1.165) is 36.7 Å². The Morgan fingerprint density at radius 3 is 2.58 bits per heavy atom. The maximum Gasteiger partial charge on any atom is 0.328 e. The third-order valence-corrected chi connectivity index (χ3v) is 6.67. The van der Waals surface area contributed by atoms with Gasteiger partial charge >= 0.3 is 5.69 Å². The smallest absolute Gasteiger partial charge is 0.328 e. The highest BCUT2D eigenvalue weighted by atomic mass is 32.1. The molecule has 1 aliphatic rings. The van der Waals surface area contributed by atoms with Crippen molar-refractivity contribution in [3.05, 3.63) is 61.4 Å². The van der Waals surface area contributed by atoms with Gasteiger partial charge in [-0.25, -0.2) is 9.18 Å². The summed E-state index contributed by atoms with van der Waals surface area (Å²) in [5.74, 6) is -0.972. The first-order valence-corrected chi connectivity index (χ1v) is 11.0. The number of hydrogen-bond acceptors (Lipinski definition) is 6. The van der Waals surface area contributed by atoms with Crippen molar-refractivity contribution in [1.29, 1.82) is 0 Å². The lowest BCUT2D eigenvalue weighted by atomic mass is 10.1. The highest BCUT2D eigenvalue weighted by Crippen LogP contribution is 2.24. The number of anilines is 1. The van der Waals surface area contributed by atoms with Gasteiger partial charge in [0, 0.05) is 56.9 Å². The van der Waals surface area contributed by atoms with Crippen molar-refractivity contribution in [2.75, 3.05) is 38.1 Å². The molecule has 2 aromatic heterocycles. The first kappa shape index (κ1) is 21.3. The third kappa shape index (κ3) is 4.13. The number of amides is 1. The number of carbonyl (C=O) groups is 1. The van der Waals surface area contributed by atoms with Gasteiger partial charge in [0.05, 0.1) is 11.1 Å². The van der Waals surface area contributed by atoms with Crippen LogP contribution in [0.4, 0.5) is 10.1 Å². The van der Waals surface area contributed by atoms with E-state index in [0.29, 0.717) is 23.3 Å². The van der Waals surface area contributed by atoms with E-state index in [1.54, 1.807) is 13.0 Å². The zero-order valence-electron chi connectivity index (χ0n) is 17.4. The number of hydrogen-bond donors (Lipinski definition) is 2. The van der Waals surface area contributed by atoms with Gasteiger partial charge in [0.1, 0.15) is 10.5 Å². The lowest BCUT2D eigenvalue weighted by Gasteiger charge is -2.36. The van der Waals surface area contributed by atoms with Gasteiger partial charge in [0.2, 0.25) is 0 Å². The highest BCUT2D eigenvalue weighted by molar-refractivity contribution is 7.18. The Labute approximate surface area is 181 Å². The first-order chi connectivity index (χ1) is 14.9. The molecule has 0 aliphatic carbocycles. The molecule has 1 saturated heterocycles. The quantitative estimate of drug-likeness (QED) is 0.623. The number of benzene rings is 1. The molecule has 0 radical (unpaired) electrons. The number of nitrogens with zero attached hydrogens (tertiary/aromatic N) is 3. The third-order valence-electron chi connectivity index (χ3n) is 5.57. The first-order valence-electron chi connectivity index (χ1n) is 10.2. The van der Waals surface area contributed by atoms with Crippen molar-refractivity contribution in [2.45, 2.75) is 20.0 Å². The Morgan fingerprint density at radius 2 is 1.94 bits per heavy atom. The van der Waals surface area contributed by atoms with Crippen molar-refractivity contribution < 1.29 is 9.18 Å². The zero-order chi connectivity index (χ0) is 22.1. The van der Waals surface area contributed by atoms with Gasteiger partial charge in [-0.2, -0.15) is 0 Å². The van der Waals surface area contributed by atoms with Crippen LogP contribution in [0, 0.1) is 5.82 Å². The molecule has 1 aliphatic heterocycles. The molecule has 0 atom stereocenters. The Bertz CT molecular complexity index is 1240. The molecule has 1 amide bonds. The predicted molar refractivity (Wildman–Crippen MR) is 120 cm³/mol. The molecule has 8 nitrogen and oxygen atoms in total. The molecule has 3 heterocycles. The van der Waals surface area contributed by atoms with Crippen LogP contribution >= 0.6 is 11.3 Å². The van der Waals surface area contributed by atoms with Crippen molar-refractivity contribution >= 4 is 33.1 Å². The summed E-state index contributed by atoms with van der Waals surface area (Å²) in [5, 5.41) is 2.43. The molecule has 31 heavy (non-hydrogen) atoms. The summed E-state index contributed by atoms with van der Waals surface area (Å²) in [4.78, 5) is 44.3. The lowest BCUT2D eigenvalue weighted by molar-refractivity contribution is 0.0959. The summed E-state index contributed by atoms with van der Waals surface area (Å²) in [6, 6.07) is 6.56. The van der Waals surface area contributed by atoms with Crippen LogP contribution in [0.1, 0.15) is 22.2 Å². The zero-order valence-corrected chi connectivity index (χ0v) is 18.2. The molecule has 0 unspecified atom stereocenters. The second kappa shape index (κ2) is 8.64. The van der Waals surface area contributed by atoms with Crippen molar-refractivity contribution in [3.8, 4) is 0 Å². The second-order valence-corrected chi connectivity index (χ2v) is 8.58. The molecule has 0 spiro atoms. The van der Waals surface area contributed by atoms with Gasteiger partial charge in [-0.3, -0.25) is 19.1 Å². The maximum absolute atomic E-state index is 14.3. The second-order valence-electron chi connectivity index (χ2n) is 7.44. The van der Waals surface area contributed by atoms with Crippen LogP contribution < -0.4 is 21.5 Å². The average Bonchev–Trinajstić information content (AvgIpc) is 3.16. The largest absolute Gasteiger partial charge is 0.369 e. The number of piperazine rings is 1. The molecule has 0 saturated carbocycles. The van der Waals surface area contributed by atoms with E-state index in [-0.39, 0.29) is 16.8 Å². The summed E-state index contributed by atoms with van der Waals surface area (Å²) in [6.45, 7) is 5.81. The van der Waals surface area contributed by atoms with Crippen molar-refractivity contribution in [2.24, 2.45) is 0 Å².